The number of carboxylic acid groups (broad SMARTS) is 1. The predicted octanol–water partition coefficient (Wildman–Crippen LogP) is 3.54. The fourth-order valence-electron chi connectivity index (χ4n) is 5.58. The van der Waals surface area contributed by atoms with Crippen LogP contribution in [0.5, 0.6) is 0 Å². The Bertz CT molecular complexity index is 1110. The SMILES string of the molecule is CN(C(=O)CC1(NC(=O)OCC2c3ccccc3-c3ccccc32)CCC1)C1(C(=O)O)CCOC1. The quantitative estimate of drug-likeness (QED) is 0.631. The first-order valence-electron chi connectivity index (χ1n) is 12.1. The van der Waals surface area contributed by atoms with Gasteiger partial charge in [-0.05, 0) is 41.5 Å². The average molecular weight is 479 g/mol. The van der Waals surface area contributed by atoms with Crippen molar-refractivity contribution in [2.24, 2.45) is 0 Å². The first-order chi connectivity index (χ1) is 16.9. The number of ether oxygens (including phenoxy) is 2. The highest BCUT2D eigenvalue weighted by molar-refractivity contribution is 5.88. The number of nitrogens with zero attached hydrogens (tertiary/aromatic N) is 1. The molecule has 8 heteroatoms. The van der Waals surface area contributed by atoms with Crippen LogP contribution in [0, 0.1) is 0 Å². The second-order valence-corrected chi connectivity index (χ2v) is 9.85. The van der Waals surface area contributed by atoms with Crippen LogP contribution in [0.3, 0.4) is 0 Å². The van der Waals surface area contributed by atoms with Crippen molar-refractivity contribution < 1.29 is 29.0 Å². The maximum absolute atomic E-state index is 13.1. The summed E-state index contributed by atoms with van der Waals surface area (Å²) in [5, 5.41) is 12.7. The van der Waals surface area contributed by atoms with Gasteiger partial charge in [0, 0.05) is 26.0 Å². The number of likely N-dealkylation sites (N-methyl/N-ethyl adjacent to an activating group) is 1. The lowest BCUT2D eigenvalue weighted by molar-refractivity contribution is -0.158. The highest BCUT2D eigenvalue weighted by atomic mass is 16.5. The number of rotatable bonds is 7. The molecule has 1 atom stereocenters. The van der Waals surface area contributed by atoms with E-state index >= 15 is 0 Å². The molecule has 0 spiro atoms. The Balaban J connectivity index is 1.23. The summed E-state index contributed by atoms with van der Waals surface area (Å²) in [5.41, 5.74) is 2.51. The van der Waals surface area contributed by atoms with Crippen molar-refractivity contribution in [2.75, 3.05) is 26.9 Å². The minimum Gasteiger partial charge on any atom is -0.479 e. The molecule has 1 unspecified atom stereocenters. The van der Waals surface area contributed by atoms with Crippen LogP contribution in [0.1, 0.15) is 49.1 Å². The second-order valence-electron chi connectivity index (χ2n) is 9.85. The van der Waals surface area contributed by atoms with Gasteiger partial charge >= 0.3 is 12.1 Å². The van der Waals surface area contributed by atoms with Gasteiger partial charge in [0.05, 0.1) is 18.6 Å². The summed E-state index contributed by atoms with van der Waals surface area (Å²) >= 11 is 0. The number of benzene rings is 2. The Morgan fingerprint density at radius 1 is 1.06 bits per heavy atom. The van der Waals surface area contributed by atoms with Gasteiger partial charge in [-0.2, -0.15) is 0 Å². The summed E-state index contributed by atoms with van der Waals surface area (Å²) in [6, 6.07) is 16.3. The molecule has 5 rings (SSSR count). The number of hydrogen-bond acceptors (Lipinski definition) is 5. The smallest absolute Gasteiger partial charge is 0.407 e. The molecule has 2 aromatic carbocycles. The molecular formula is C27H30N2O6. The summed E-state index contributed by atoms with van der Waals surface area (Å²) in [6.07, 6.45) is 1.90. The number of amides is 2. The third kappa shape index (κ3) is 4.05. The monoisotopic (exact) mass is 478 g/mol. The van der Waals surface area contributed by atoms with E-state index in [1.165, 1.54) is 11.9 Å². The minimum absolute atomic E-state index is 0.0304. The standard InChI is InChI=1S/C27H30N2O6/c1-29(27(24(31)32)13-14-34-17-27)23(30)15-26(11-6-12-26)28-25(33)35-16-22-20-9-4-2-7-18(20)19-8-3-5-10-21(19)22/h2-5,7-10,22H,6,11-17H2,1H3,(H,28,33)(H,31,32). The first-order valence-corrected chi connectivity index (χ1v) is 12.1. The van der Waals surface area contributed by atoms with Gasteiger partial charge in [-0.15, -0.1) is 0 Å². The number of fused-ring (bicyclic) bond motifs is 3. The molecule has 0 bridgehead atoms. The molecule has 2 amide bonds. The molecule has 2 aliphatic carbocycles. The van der Waals surface area contributed by atoms with Gasteiger partial charge in [-0.3, -0.25) is 4.79 Å². The lowest BCUT2D eigenvalue weighted by atomic mass is 9.74. The van der Waals surface area contributed by atoms with Crippen LogP contribution in [0.4, 0.5) is 4.79 Å². The van der Waals surface area contributed by atoms with Crippen molar-refractivity contribution in [1.82, 2.24) is 10.2 Å². The molecule has 0 radical (unpaired) electrons. The summed E-state index contributed by atoms with van der Waals surface area (Å²) in [4.78, 5) is 39.1. The molecule has 8 nitrogen and oxygen atoms in total. The van der Waals surface area contributed by atoms with E-state index < -0.39 is 23.1 Å². The highest BCUT2D eigenvalue weighted by Crippen LogP contribution is 2.44. The maximum Gasteiger partial charge on any atom is 0.407 e. The topological polar surface area (TPSA) is 105 Å². The van der Waals surface area contributed by atoms with Crippen molar-refractivity contribution in [2.45, 2.75) is 49.1 Å². The molecule has 2 fully saturated rings. The molecule has 1 saturated carbocycles. The fourth-order valence-corrected chi connectivity index (χ4v) is 5.58. The zero-order chi connectivity index (χ0) is 24.6. The average Bonchev–Trinajstić information content (AvgIpc) is 3.45. The molecule has 184 valence electrons. The van der Waals surface area contributed by atoms with Crippen molar-refractivity contribution in [3.8, 4) is 11.1 Å². The van der Waals surface area contributed by atoms with Gasteiger partial charge in [-0.1, -0.05) is 48.5 Å². The normalized spacial score (nSPS) is 22.0. The third-order valence-electron chi connectivity index (χ3n) is 7.93. The van der Waals surface area contributed by atoms with Crippen LogP contribution in [0.15, 0.2) is 48.5 Å². The zero-order valence-electron chi connectivity index (χ0n) is 19.8. The summed E-state index contributed by atoms with van der Waals surface area (Å²) in [5.74, 6) is -1.44. The van der Waals surface area contributed by atoms with E-state index in [1.807, 2.05) is 24.3 Å². The zero-order valence-corrected chi connectivity index (χ0v) is 19.8. The van der Waals surface area contributed by atoms with Gasteiger partial charge < -0.3 is 24.8 Å². The highest BCUT2D eigenvalue weighted by Gasteiger charge is 2.50. The Morgan fingerprint density at radius 3 is 2.20 bits per heavy atom. The van der Waals surface area contributed by atoms with E-state index in [2.05, 4.69) is 29.6 Å². The van der Waals surface area contributed by atoms with Crippen LogP contribution in [-0.2, 0) is 19.1 Å². The van der Waals surface area contributed by atoms with Gasteiger partial charge in [0.25, 0.3) is 0 Å². The largest absolute Gasteiger partial charge is 0.479 e. The molecule has 1 aliphatic heterocycles. The number of carbonyl (C=O) groups excluding carboxylic acids is 2. The molecule has 1 saturated heterocycles. The molecule has 0 aromatic heterocycles. The van der Waals surface area contributed by atoms with E-state index in [1.54, 1.807) is 0 Å². The van der Waals surface area contributed by atoms with Crippen LogP contribution in [-0.4, -0.2) is 65.9 Å². The van der Waals surface area contributed by atoms with Crippen LogP contribution in [0.25, 0.3) is 11.1 Å². The van der Waals surface area contributed by atoms with Crippen molar-refractivity contribution in [3.05, 3.63) is 59.7 Å². The van der Waals surface area contributed by atoms with Crippen molar-refractivity contribution in [1.29, 1.82) is 0 Å². The summed E-state index contributed by atoms with van der Waals surface area (Å²) < 4.78 is 11.0. The van der Waals surface area contributed by atoms with Gasteiger partial charge in [0.1, 0.15) is 6.61 Å². The van der Waals surface area contributed by atoms with E-state index in [9.17, 15) is 19.5 Å². The van der Waals surface area contributed by atoms with Gasteiger partial charge in [-0.25, -0.2) is 9.59 Å². The van der Waals surface area contributed by atoms with E-state index in [0.29, 0.717) is 19.4 Å². The Morgan fingerprint density at radius 2 is 1.69 bits per heavy atom. The Hall–Kier alpha value is -3.39. The molecule has 3 aliphatic rings. The van der Waals surface area contributed by atoms with E-state index in [0.717, 1.165) is 28.7 Å². The fraction of sp³-hybridized carbons (Fsp3) is 0.444. The van der Waals surface area contributed by atoms with Gasteiger partial charge in [0.2, 0.25) is 5.91 Å². The maximum atomic E-state index is 13.1. The molecule has 2 aromatic rings. The number of carboxylic acids is 1. The van der Waals surface area contributed by atoms with E-state index in [-0.39, 0.29) is 37.9 Å². The number of carbonyl (C=O) groups is 3. The lowest BCUT2D eigenvalue weighted by Crippen LogP contribution is -2.60. The Labute approximate surface area is 204 Å². The second kappa shape index (κ2) is 9.00. The lowest BCUT2D eigenvalue weighted by Gasteiger charge is -2.43. The van der Waals surface area contributed by atoms with E-state index in [4.69, 9.17) is 9.47 Å². The van der Waals surface area contributed by atoms with Gasteiger partial charge in [0.15, 0.2) is 5.54 Å². The summed E-state index contributed by atoms with van der Waals surface area (Å²) in [6.45, 7) is 0.466. The number of alkyl carbamates (subject to hydrolysis) is 1. The number of aliphatic carboxylic acids is 1. The molecule has 35 heavy (non-hydrogen) atoms. The molecule has 1 heterocycles. The summed E-state index contributed by atoms with van der Waals surface area (Å²) in [7, 11) is 1.50. The third-order valence-corrected chi connectivity index (χ3v) is 7.93. The van der Waals surface area contributed by atoms with Crippen LogP contribution < -0.4 is 5.32 Å². The Kier molecular flexibility index (Phi) is 6.01. The number of hydrogen-bond donors (Lipinski definition) is 2. The van der Waals surface area contributed by atoms with Crippen LogP contribution in [0.2, 0.25) is 0 Å². The number of nitrogens with one attached hydrogen (secondary N) is 1. The minimum atomic E-state index is -1.36. The van der Waals surface area contributed by atoms with Crippen molar-refractivity contribution >= 4 is 18.0 Å². The molecular weight excluding hydrogens is 448 g/mol. The molecule has 2 N–H and O–H groups in total. The van der Waals surface area contributed by atoms with Crippen LogP contribution >= 0.6 is 0 Å². The van der Waals surface area contributed by atoms with Crippen molar-refractivity contribution in [3.63, 3.8) is 0 Å². The first kappa shape index (κ1) is 23.4. The predicted molar refractivity (Wildman–Crippen MR) is 128 cm³/mol.